The fourth-order valence-electron chi connectivity index (χ4n) is 2.96. The molecule has 21 heavy (non-hydrogen) atoms. The van der Waals surface area contributed by atoms with Crippen molar-refractivity contribution in [1.29, 1.82) is 5.26 Å². The summed E-state index contributed by atoms with van der Waals surface area (Å²) in [6, 6.07) is 10.8. The molecule has 3 nitrogen and oxygen atoms in total. The van der Waals surface area contributed by atoms with Crippen molar-refractivity contribution in [3.63, 3.8) is 0 Å². The predicted octanol–water partition coefficient (Wildman–Crippen LogP) is 3.66. The smallest absolute Gasteiger partial charge is 0.124 e. The van der Waals surface area contributed by atoms with Crippen LogP contribution in [-0.2, 0) is 10.2 Å². The van der Waals surface area contributed by atoms with Crippen molar-refractivity contribution < 1.29 is 4.74 Å². The van der Waals surface area contributed by atoms with Crippen molar-refractivity contribution in [2.75, 3.05) is 13.1 Å². The Morgan fingerprint density at radius 2 is 1.67 bits per heavy atom. The molecule has 3 unspecified atom stereocenters. The summed E-state index contributed by atoms with van der Waals surface area (Å²) in [6.07, 6.45) is 0.358. The minimum atomic E-state index is -0.187. The Bertz CT molecular complexity index is 500. The molecule has 0 N–H and O–H groups in total. The first-order valence-electron chi connectivity index (χ1n) is 7.71. The topological polar surface area (TPSA) is 36.3 Å². The van der Waals surface area contributed by atoms with E-state index in [9.17, 15) is 5.26 Å². The first kappa shape index (κ1) is 16.0. The van der Waals surface area contributed by atoms with Crippen LogP contribution in [0.3, 0.4) is 0 Å². The van der Waals surface area contributed by atoms with Crippen LogP contribution in [0.5, 0.6) is 0 Å². The van der Waals surface area contributed by atoms with Gasteiger partial charge >= 0.3 is 0 Å². The van der Waals surface area contributed by atoms with E-state index in [0.717, 1.165) is 18.7 Å². The number of morpholine rings is 1. The quantitative estimate of drug-likeness (QED) is 0.832. The van der Waals surface area contributed by atoms with Gasteiger partial charge in [-0.3, -0.25) is 4.90 Å². The Kier molecular flexibility index (Phi) is 4.70. The highest BCUT2D eigenvalue weighted by atomic mass is 16.5. The average Bonchev–Trinajstić information content (AvgIpc) is 2.38. The molecule has 0 spiro atoms. The van der Waals surface area contributed by atoms with Crippen molar-refractivity contribution in [3.8, 4) is 6.07 Å². The molecule has 0 saturated carbocycles. The number of nitriles is 1. The molecule has 1 saturated heterocycles. The van der Waals surface area contributed by atoms with E-state index in [0.29, 0.717) is 0 Å². The van der Waals surface area contributed by atoms with Crippen LogP contribution in [0.15, 0.2) is 24.3 Å². The Balaban J connectivity index is 2.20. The monoisotopic (exact) mass is 286 g/mol. The molecule has 2 rings (SSSR count). The molecular weight excluding hydrogens is 260 g/mol. The Labute approximate surface area is 128 Å². The highest BCUT2D eigenvalue weighted by Gasteiger charge is 2.29. The van der Waals surface area contributed by atoms with Gasteiger partial charge < -0.3 is 4.74 Å². The van der Waals surface area contributed by atoms with Crippen LogP contribution >= 0.6 is 0 Å². The second-order valence-corrected chi connectivity index (χ2v) is 7.11. The first-order chi connectivity index (χ1) is 9.81. The van der Waals surface area contributed by atoms with E-state index in [-0.39, 0.29) is 23.7 Å². The van der Waals surface area contributed by atoms with E-state index in [1.165, 1.54) is 5.56 Å². The summed E-state index contributed by atoms with van der Waals surface area (Å²) in [5.41, 5.74) is 2.52. The van der Waals surface area contributed by atoms with Crippen molar-refractivity contribution in [2.45, 2.75) is 58.3 Å². The normalized spacial score (nSPS) is 25.3. The number of rotatable bonds is 2. The average molecular weight is 286 g/mol. The molecule has 1 fully saturated rings. The van der Waals surface area contributed by atoms with Gasteiger partial charge in [0.25, 0.3) is 0 Å². The molecule has 0 radical (unpaired) electrons. The van der Waals surface area contributed by atoms with Gasteiger partial charge in [-0.2, -0.15) is 5.26 Å². The zero-order valence-corrected chi connectivity index (χ0v) is 13.8. The highest BCUT2D eigenvalue weighted by Crippen LogP contribution is 2.27. The first-order valence-corrected chi connectivity index (χ1v) is 7.71. The lowest BCUT2D eigenvalue weighted by Gasteiger charge is -2.37. The van der Waals surface area contributed by atoms with E-state index in [1.807, 2.05) is 0 Å². The van der Waals surface area contributed by atoms with E-state index in [4.69, 9.17) is 4.74 Å². The molecular formula is C18H26N2O. The fraction of sp³-hybridized carbons (Fsp3) is 0.611. The second-order valence-electron chi connectivity index (χ2n) is 7.11. The van der Waals surface area contributed by atoms with Gasteiger partial charge in [0.15, 0.2) is 0 Å². The van der Waals surface area contributed by atoms with E-state index in [2.05, 4.69) is 69.9 Å². The van der Waals surface area contributed by atoms with Crippen LogP contribution in [-0.4, -0.2) is 30.2 Å². The van der Waals surface area contributed by atoms with Crippen molar-refractivity contribution in [3.05, 3.63) is 35.4 Å². The number of nitrogens with zero attached hydrogens (tertiary/aromatic N) is 2. The SMILES string of the molecule is CC1CN(C(C#N)c2ccc(C(C)(C)C)cc2)CC(C)O1. The molecule has 0 aromatic heterocycles. The number of hydrogen-bond donors (Lipinski definition) is 0. The van der Waals surface area contributed by atoms with Crippen LogP contribution in [0, 0.1) is 11.3 Å². The van der Waals surface area contributed by atoms with Crippen molar-refractivity contribution >= 4 is 0 Å². The maximum Gasteiger partial charge on any atom is 0.124 e. The van der Waals surface area contributed by atoms with Gasteiger partial charge in [-0.25, -0.2) is 0 Å². The molecule has 1 aromatic carbocycles. The van der Waals surface area contributed by atoms with Crippen LogP contribution in [0.1, 0.15) is 51.8 Å². The van der Waals surface area contributed by atoms with E-state index >= 15 is 0 Å². The number of benzene rings is 1. The Morgan fingerprint density at radius 3 is 2.10 bits per heavy atom. The third-order valence-corrected chi connectivity index (χ3v) is 4.03. The summed E-state index contributed by atoms with van der Waals surface area (Å²) < 4.78 is 5.76. The molecule has 0 aliphatic carbocycles. The van der Waals surface area contributed by atoms with Gasteiger partial charge in [-0.05, 0) is 30.4 Å². The molecule has 3 atom stereocenters. The minimum Gasteiger partial charge on any atom is -0.373 e. The highest BCUT2D eigenvalue weighted by molar-refractivity contribution is 5.31. The third-order valence-electron chi connectivity index (χ3n) is 4.03. The van der Waals surface area contributed by atoms with Gasteiger partial charge in [0.1, 0.15) is 6.04 Å². The van der Waals surface area contributed by atoms with Gasteiger partial charge in [0.05, 0.1) is 18.3 Å². The molecule has 0 bridgehead atoms. The van der Waals surface area contributed by atoms with Crippen LogP contribution in [0.25, 0.3) is 0 Å². The maximum absolute atomic E-state index is 9.60. The zero-order chi connectivity index (χ0) is 15.6. The minimum absolute atomic E-state index is 0.142. The molecule has 0 amide bonds. The van der Waals surface area contributed by atoms with Crippen molar-refractivity contribution in [2.24, 2.45) is 0 Å². The summed E-state index contributed by atoms with van der Waals surface area (Å²) in [5, 5.41) is 9.60. The summed E-state index contributed by atoms with van der Waals surface area (Å²) in [4.78, 5) is 2.23. The van der Waals surface area contributed by atoms with E-state index < -0.39 is 0 Å². The summed E-state index contributed by atoms with van der Waals surface area (Å²) >= 11 is 0. The van der Waals surface area contributed by atoms with Gasteiger partial charge in [0, 0.05) is 13.1 Å². The lowest BCUT2D eigenvalue weighted by atomic mass is 9.86. The standard InChI is InChI=1S/C18H26N2O/c1-13-11-20(12-14(2)21-13)17(10-19)15-6-8-16(9-7-15)18(3,4)5/h6-9,13-14,17H,11-12H2,1-5H3. The van der Waals surface area contributed by atoms with Crippen LogP contribution in [0.4, 0.5) is 0 Å². The largest absolute Gasteiger partial charge is 0.373 e. The fourth-order valence-corrected chi connectivity index (χ4v) is 2.96. The van der Waals surface area contributed by atoms with Crippen molar-refractivity contribution in [1.82, 2.24) is 4.90 Å². The maximum atomic E-state index is 9.60. The Morgan fingerprint density at radius 1 is 1.14 bits per heavy atom. The molecule has 1 aliphatic rings. The summed E-state index contributed by atoms with van der Waals surface area (Å²) in [5.74, 6) is 0. The van der Waals surface area contributed by atoms with Gasteiger partial charge in [0.2, 0.25) is 0 Å². The van der Waals surface area contributed by atoms with Crippen LogP contribution in [0.2, 0.25) is 0 Å². The number of ether oxygens (including phenoxy) is 1. The van der Waals surface area contributed by atoms with E-state index in [1.54, 1.807) is 0 Å². The lowest BCUT2D eigenvalue weighted by Crippen LogP contribution is -2.46. The Hall–Kier alpha value is -1.37. The molecule has 114 valence electrons. The zero-order valence-electron chi connectivity index (χ0n) is 13.8. The molecule has 1 aromatic rings. The van der Waals surface area contributed by atoms with Crippen LogP contribution < -0.4 is 0 Å². The summed E-state index contributed by atoms with van der Waals surface area (Å²) in [7, 11) is 0. The summed E-state index contributed by atoms with van der Waals surface area (Å²) in [6.45, 7) is 12.4. The molecule has 3 heteroatoms. The lowest BCUT2D eigenvalue weighted by molar-refractivity contribution is -0.0750. The second kappa shape index (κ2) is 6.17. The van der Waals surface area contributed by atoms with Gasteiger partial charge in [-0.15, -0.1) is 0 Å². The predicted molar refractivity (Wildman–Crippen MR) is 85.1 cm³/mol. The molecule has 1 heterocycles. The molecule has 1 aliphatic heterocycles. The van der Waals surface area contributed by atoms with Gasteiger partial charge in [-0.1, -0.05) is 45.0 Å². The number of hydrogen-bond acceptors (Lipinski definition) is 3. The third kappa shape index (κ3) is 3.84.